The van der Waals surface area contributed by atoms with Gasteiger partial charge in [-0.05, 0) is 26.8 Å². The maximum Gasteiger partial charge on any atom is 0.320 e. The van der Waals surface area contributed by atoms with Gasteiger partial charge in [0.05, 0.1) is 37.7 Å². The van der Waals surface area contributed by atoms with Crippen molar-refractivity contribution in [1.82, 2.24) is 14.5 Å². The number of nitrogens with zero attached hydrogens (tertiary/aromatic N) is 3. The van der Waals surface area contributed by atoms with Crippen molar-refractivity contribution < 1.29 is 22.7 Å². The number of carbonyl (C=O) groups excluding carboxylic acids is 1. The SMILES string of the molecule is CCOC(=O)CN(C)Cc1cnc(S(C)(=O)=O)n1CC1CCCO1. The Hall–Kier alpha value is -1.45. The Labute approximate surface area is 142 Å². The Morgan fingerprint density at radius 1 is 1.54 bits per heavy atom. The van der Waals surface area contributed by atoms with Crippen LogP contribution in [-0.2, 0) is 37.2 Å². The Morgan fingerprint density at radius 3 is 2.88 bits per heavy atom. The van der Waals surface area contributed by atoms with Crippen LogP contribution < -0.4 is 0 Å². The first-order chi connectivity index (χ1) is 11.3. The van der Waals surface area contributed by atoms with Gasteiger partial charge in [-0.15, -0.1) is 0 Å². The van der Waals surface area contributed by atoms with Gasteiger partial charge in [-0.1, -0.05) is 0 Å². The molecular weight excluding hydrogens is 334 g/mol. The van der Waals surface area contributed by atoms with Gasteiger partial charge in [0.1, 0.15) is 0 Å². The van der Waals surface area contributed by atoms with Crippen molar-refractivity contribution in [3.63, 3.8) is 0 Å². The Bertz CT molecular complexity index is 665. The number of hydrogen-bond acceptors (Lipinski definition) is 7. The smallest absolute Gasteiger partial charge is 0.320 e. The van der Waals surface area contributed by atoms with Gasteiger partial charge < -0.3 is 14.0 Å². The number of sulfone groups is 1. The van der Waals surface area contributed by atoms with E-state index in [1.807, 2.05) is 0 Å². The van der Waals surface area contributed by atoms with E-state index in [9.17, 15) is 13.2 Å². The van der Waals surface area contributed by atoms with Crippen LogP contribution in [0.15, 0.2) is 11.4 Å². The Morgan fingerprint density at radius 2 is 2.29 bits per heavy atom. The molecule has 8 nitrogen and oxygen atoms in total. The highest BCUT2D eigenvalue weighted by atomic mass is 32.2. The second-order valence-corrected chi connectivity index (χ2v) is 7.94. The number of ether oxygens (including phenoxy) is 2. The number of hydrogen-bond donors (Lipinski definition) is 0. The van der Waals surface area contributed by atoms with Gasteiger partial charge in [0.25, 0.3) is 0 Å². The number of esters is 1. The first kappa shape index (κ1) is 18.9. The lowest BCUT2D eigenvalue weighted by atomic mass is 10.2. The molecule has 0 saturated carbocycles. The maximum absolute atomic E-state index is 12.0. The van der Waals surface area contributed by atoms with Crippen LogP contribution in [0.2, 0.25) is 0 Å². The third-order valence-electron chi connectivity index (χ3n) is 3.78. The van der Waals surface area contributed by atoms with Gasteiger partial charge >= 0.3 is 5.97 Å². The van der Waals surface area contributed by atoms with Gasteiger partial charge in [0.15, 0.2) is 0 Å². The fourth-order valence-corrected chi connectivity index (χ4v) is 3.60. The largest absolute Gasteiger partial charge is 0.465 e. The minimum absolute atomic E-state index is 0.00573. The minimum Gasteiger partial charge on any atom is -0.465 e. The van der Waals surface area contributed by atoms with Crippen LogP contribution in [0.25, 0.3) is 0 Å². The van der Waals surface area contributed by atoms with E-state index < -0.39 is 9.84 Å². The molecule has 0 radical (unpaired) electrons. The van der Waals surface area contributed by atoms with E-state index >= 15 is 0 Å². The van der Waals surface area contributed by atoms with Crippen molar-refractivity contribution in [2.24, 2.45) is 0 Å². The van der Waals surface area contributed by atoms with Crippen molar-refractivity contribution in [2.45, 2.75) is 44.1 Å². The van der Waals surface area contributed by atoms with Gasteiger partial charge in [-0.25, -0.2) is 13.4 Å². The highest BCUT2D eigenvalue weighted by Gasteiger charge is 2.24. The monoisotopic (exact) mass is 359 g/mol. The second-order valence-electron chi connectivity index (χ2n) is 6.03. The molecule has 1 unspecified atom stereocenters. The van der Waals surface area contributed by atoms with Gasteiger partial charge in [-0.2, -0.15) is 0 Å². The summed E-state index contributed by atoms with van der Waals surface area (Å²) >= 11 is 0. The molecule has 1 aliphatic rings. The summed E-state index contributed by atoms with van der Waals surface area (Å²) in [5.41, 5.74) is 0.734. The topological polar surface area (TPSA) is 90.7 Å². The highest BCUT2D eigenvalue weighted by molar-refractivity contribution is 7.90. The standard InChI is InChI=1S/C15H25N3O5S/c1-4-22-14(19)11-17(2)9-12-8-16-15(24(3,20)21)18(12)10-13-6-5-7-23-13/h8,13H,4-7,9-11H2,1-3H3. The molecule has 1 fully saturated rings. The lowest BCUT2D eigenvalue weighted by Gasteiger charge is -2.19. The molecule has 1 aliphatic heterocycles. The molecule has 9 heteroatoms. The van der Waals surface area contributed by atoms with Crippen molar-refractivity contribution >= 4 is 15.8 Å². The van der Waals surface area contributed by atoms with Crippen molar-refractivity contribution in [3.8, 4) is 0 Å². The summed E-state index contributed by atoms with van der Waals surface area (Å²) in [7, 11) is -1.66. The van der Waals surface area contributed by atoms with Gasteiger partial charge in [0.2, 0.25) is 15.0 Å². The second kappa shape index (κ2) is 8.09. The minimum atomic E-state index is -3.44. The maximum atomic E-state index is 12.0. The molecule has 1 atom stereocenters. The summed E-state index contributed by atoms with van der Waals surface area (Å²) in [6.07, 6.45) is 4.57. The first-order valence-corrected chi connectivity index (χ1v) is 9.90. The van der Waals surface area contributed by atoms with Crippen molar-refractivity contribution in [2.75, 3.05) is 33.1 Å². The normalized spacial score (nSPS) is 18.2. The highest BCUT2D eigenvalue weighted by Crippen LogP contribution is 2.19. The van der Waals surface area contributed by atoms with E-state index in [2.05, 4.69) is 4.98 Å². The quantitative estimate of drug-likeness (QED) is 0.623. The molecule has 0 aliphatic carbocycles. The molecule has 1 aromatic rings. The predicted octanol–water partition coefficient (Wildman–Crippen LogP) is 0.461. The zero-order valence-corrected chi connectivity index (χ0v) is 15.2. The van der Waals surface area contributed by atoms with Crippen LogP contribution in [0, 0.1) is 0 Å². The molecule has 136 valence electrons. The fourth-order valence-electron chi connectivity index (χ4n) is 2.76. The summed E-state index contributed by atoms with van der Waals surface area (Å²) in [5.74, 6) is -0.312. The third kappa shape index (κ3) is 5.02. The zero-order chi connectivity index (χ0) is 17.7. The number of imidazole rings is 1. The molecule has 0 aromatic carbocycles. The van der Waals surface area contributed by atoms with Gasteiger partial charge in [0, 0.05) is 19.4 Å². The summed E-state index contributed by atoms with van der Waals surface area (Å²) in [6, 6.07) is 0. The van der Waals surface area contributed by atoms with E-state index in [4.69, 9.17) is 9.47 Å². The number of carbonyl (C=O) groups is 1. The average Bonchev–Trinajstić information content (AvgIpc) is 3.09. The lowest BCUT2D eigenvalue weighted by Crippen LogP contribution is -2.29. The van der Waals surface area contributed by atoms with Crippen LogP contribution in [-0.4, -0.2) is 68.0 Å². The Balaban J connectivity index is 2.16. The fraction of sp³-hybridized carbons (Fsp3) is 0.733. The van der Waals surface area contributed by atoms with E-state index in [0.29, 0.717) is 26.3 Å². The average molecular weight is 359 g/mol. The van der Waals surface area contributed by atoms with E-state index in [-0.39, 0.29) is 23.8 Å². The van der Waals surface area contributed by atoms with Crippen molar-refractivity contribution in [3.05, 3.63) is 11.9 Å². The Kier molecular flexibility index (Phi) is 6.36. The van der Waals surface area contributed by atoms with E-state index in [0.717, 1.165) is 24.8 Å². The summed E-state index contributed by atoms with van der Waals surface area (Å²) in [5, 5.41) is 0.0394. The third-order valence-corrected chi connectivity index (χ3v) is 4.77. The molecule has 0 bridgehead atoms. The van der Waals surface area contributed by atoms with Crippen molar-refractivity contribution in [1.29, 1.82) is 0 Å². The van der Waals surface area contributed by atoms with Crippen LogP contribution in [0.3, 0.4) is 0 Å². The zero-order valence-electron chi connectivity index (χ0n) is 14.4. The molecule has 1 saturated heterocycles. The van der Waals surface area contributed by atoms with Crippen LogP contribution in [0.5, 0.6) is 0 Å². The lowest BCUT2D eigenvalue weighted by molar-refractivity contribution is -0.144. The van der Waals surface area contributed by atoms with Crippen LogP contribution in [0.4, 0.5) is 0 Å². The molecule has 0 spiro atoms. The molecule has 0 N–H and O–H groups in total. The summed E-state index contributed by atoms with van der Waals surface area (Å²) in [6.45, 7) is 3.77. The van der Waals surface area contributed by atoms with E-state index in [1.54, 1.807) is 29.6 Å². The molecule has 2 heterocycles. The summed E-state index contributed by atoms with van der Waals surface area (Å²) in [4.78, 5) is 17.4. The molecule has 24 heavy (non-hydrogen) atoms. The number of likely N-dealkylation sites (N-methyl/N-ethyl adjacent to an activating group) is 1. The molecule has 2 rings (SSSR count). The number of aromatic nitrogens is 2. The van der Waals surface area contributed by atoms with Crippen LogP contribution >= 0.6 is 0 Å². The molecule has 1 aromatic heterocycles. The van der Waals surface area contributed by atoms with Crippen LogP contribution in [0.1, 0.15) is 25.5 Å². The molecule has 0 amide bonds. The molecular formula is C15H25N3O5S. The summed E-state index contributed by atoms with van der Waals surface area (Å²) < 4.78 is 36.2. The number of rotatable bonds is 8. The first-order valence-electron chi connectivity index (χ1n) is 8.01. The predicted molar refractivity (Wildman–Crippen MR) is 87.3 cm³/mol. The van der Waals surface area contributed by atoms with E-state index in [1.165, 1.54) is 0 Å². The van der Waals surface area contributed by atoms with Gasteiger partial charge in [-0.3, -0.25) is 9.69 Å².